The van der Waals surface area contributed by atoms with Crippen molar-refractivity contribution in [3.05, 3.63) is 59.2 Å². The molecule has 3 rings (SSSR count). The normalized spacial score (nSPS) is 14.3. The molecule has 10 nitrogen and oxygen atoms in total. The summed E-state index contributed by atoms with van der Waals surface area (Å²) in [4.78, 5) is 32.1. The van der Waals surface area contributed by atoms with E-state index in [9.17, 15) is 18.0 Å². The minimum absolute atomic E-state index is 0.0337. The first-order valence-corrected chi connectivity index (χ1v) is 9.15. The number of benzene rings is 1. The molecule has 0 unspecified atom stereocenters. The van der Waals surface area contributed by atoms with E-state index in [0.717, 1.165) is 11.0 Å². The molecule has 0 saturated heterocycles. The quantitative estimate of drug-likeness (QED) is 0.654. The Labute approximate surface area is 154 Å². The second-order valence-electron chi connectivity index (χ2n) is 5.34. The van der Waals surface area contributed by atoms with Crippen LogP contribution in [0.5, 0.6) is 0 Å². The van der Waals surface area contributed by atoms with Crippen molar-refractivity contribution in [1.82, 2.24) is 14.9 Å². The number of β-amino-alcohol motifs (C(OH)–C–C–N with tert-alkyl or cyclic N) is 1. The number of aliphatic hydroxyl groups is 1. The Balaban J connectivity index is 1.72. The van der Waals surface area contributed by atoms with Crippen molar-refractivity contribution < 1.29 is 23.1 Å². The maximum absolute atomic E-state index is 12.3. The fourth-order valence-electron chi connectivity index (χ4n) is 2.27. The van der Waals surface area contributed by atoms with Crippen LogP contribution in [0.2, 0.25) is 0 Å². The molecule has 1 aromatic carbocycles. The molecule has 1 aromatic heterocycles. The Bertz CT molecular complexity index is 990. The van der Waals surface area contributed by atoms with E-state index in [2.05, 4.69) is 20.0 Å². The van der Waals surface area contributed by atoms with Crippen LogP contribution in [-0.4, -0.2) is 53.4 Å². The molecule has 2 amide bonds. The van der Waals surface area contributed by atoms with Crippen molar-refractivity contribution in [1.29, 1.82) is 0 Å². The predicted octanol–water partition coefficient (Wildman–Crippen LogP) is 0.528. The summed E-state index contributed by atoms with van der Waals surface area (Å²) in [7, 11) is -3.99. The van der Waals surface area contributed by atoms with E-state index in [1.165, 1.54) is 42.7 Å². The summed E-state index contributed by atoms with van der Waals surface area (Å²) in [6.45, 7) is -0.431. The number of aromatic nitrogens is 2. The maximum atomic E-state index is 12.3. The molecule has 0 aliphatic carbocycles. The molecule has 0 atom stereocenters. The number of nitrogens with zero attached hydrogens (tertiary/aromatic N) is 4. The van der Waals surface area contributed by atoms with Crippen molar-refractivity contribution in [2.75, 3.05) is 18.5 Å². The Morgan fingerprint density at radius 2 is 1.78 bits per heavy atom. The molecule has 1 aliphatic heterocycles. The van der Waals surface area contributed by atoms with E-state index in [4.69, 9.17) is 5.11 Å². The summed E-state index contributed by atoms with van der Waals surface area (Å²) in [6.07, 6.45) is 3.87. The van der Waals surface area contributed by atoms with E-state index < -0.39 is 21.8 Å². The SMILES string of the molecule is O=C1C=C(Nc2ccc(S(=O)(=O)[N-]c3ncccn3)cc2)C(=O)N1CCO. The second-order valence-corrected chi connectivity index (χ2v) is 6.95. The number of rotatable bonds is 7. The van der Waals surface area contributed by atoms with E-state index >= 15 is 0 Å². The Hall–Kier alpha value is -3.31. The minimum atomic E-state index is -3.99. The molecule has 2 heterocycles. The molecule has 0 bridgehead atoms. The van der Waals surface area contributed by atoms with Crippen molar-refractivity contribution in [3.8, 4) is 0 Å². The lowest BCUT2D eigenvalue weighted by Gasteiger charge is -2.14. The van der Waals surface area contributed by atoms with Crippen molar-refractivity contribution in [2.24, 2.45) is 0 Å². The molecule has 0 radical (unpaired) electrons. The molecule has 0 fully saturated rings. The van der Waals surface area contributed by atoms with Crippen molar-refractivity contribution in [3.63, 3.8) is 0 Å². The van der Waals surface area contributed by atoms with Gasteiger partial charge in [-0.1, -0.05) is 6.07 Å². The Morgan fingerprint density at radius 1 is 1.11 bits per heavy atom. The third-order valence-electron chi connectivity index (χ3n) is 3.52. The highest BCUT2D eigenvalue weighted by molar-refractivity contribution is 7.94. The number of sulfonamides is 1. The topological polar surface area (TPSA) is 144 Å². The lowest BCUT2D eigenvalue weighted by atomic mass is 10.3. The number of hydrogen-bond acceptors (Lipinski definition) is 8. The largest absolute Gasteiger partial charge is 0.395 e. The number of imide groups is 1. The van der Waals surface area contributed by atoms with Gasteiger partial charge in [-0.25, -0.2) is 8.42 Å². The highest BCUT2D eigenvalue weighted by Gasteiger charge is 2.30. The van der Waals surface area contributed by atoms with E-state index in [1.807, 2.05) is 0 Å². The van der Waals surface area contributed by atoms with E-state index in [1.54, 1.807) is 0 Å². The van der Waals surface area contributed by atoms with E-state index in [0.29, 0.717) is 5.69 Å². The molecule has 0 spiro atoms. The number of carbonyl (C=O) groups is 2. The zero-order valence-electron chi connectivity index (χ0n) is 13.8. The van der Waals surface area contributed by atoms with Crippen LogP contribution in [0.4, 0.5) is 11.6 Å². The lowest BCUT2D eigenvalue weighted by Crippen LogP contribution is -2.34. The molecule has 2 aromatic rings. The standard InChI is InChI=1S/C16H15N5O5S/c22-9-8-21-14(23)10-13(15(21)24)19-11-2-4-12(5-3-11)27(25,26)20-16-17-6-1-7-18-16/h1-7,10,22H,8-9H2,(H2,17,18,19,20,23)/p-1. The van der Waals surface area contributed by atoms with Gasteiger partial charge in [-0.05, 0) is 36.7 Å². The van der Waals surface area contributed by atoms with Crippen LogP contribution >= 0.6 is 0 Å². The zero-order chi connectivity index (χ0) is 19.4. The first-order valence-electron chi connectivity index (χ1n) is 7.71. The van der Waals surface area contributed by atoms with Gasteiger partial charge in [0, 0.05) is 17.7 Å². The van der Waals surface area contributed by atoms with Crippen LogP contribution in [0, 0.1) is 0 Å². The van der Waals surface area contributed by atoms with Gasteiger partial charge in [0.05, 0.1) is 18.0 Å². The molecule has 140 valence electrons. The molecule has 2 N–H and O–H groups in total. The summed E-state index contributed by atoms with van der Waals surface area (Å²) in [5, 5.41) is 11.6. The average Bonchev–Trinajstić information content (AvgIpc) is 2.90. The molecule has 1 aliphatic rings. The van der Waals surface area contributed by atoms with E-state index in [-0.39, 0.29) is 29.7 Å². The molecule has 11 heteroatoms. The van der Waals surface area contributed by atoms with Crippen LogP contribution < -0.4 is 5.32 Å². The van der Waals surface area contributed by atoms with Crippen LogP contribution in [0.3, 0.4) is 0 Å². The summed E-state index contributed by atoms with van der Waals surface area (Å²) in [6, 6.07) is 7.01. The van der Waals surface area contributed by atoms with Gasteiger partial charge < -0.3 is 20.4 Å². The van der Waals surface area contributed by atoms with Crippen LogP contribution in [-0.2, 0) is 19.6 Å². The summed E-state index contributed by atoms with van der Waals surface area (Å²) in [5.74, 6) is -1.27. The minimum Gasteiger partial charge on any atom is -0.395 e. The summed E-state index contributed by atoms with van der Waals surface area (Å²) >= 11 is 0. The van der Waals surface area contributed by atoms with Gasteiger partial charge in [-0.2, -0.15) is 0 Å². The van der Waals surface area contributed by atoms with Gasteiger partial charge in [0.15, 0.2) is 0 Å². The highest BCUT2D eigenvalue weighted by Crippen LogP contribution is 2.25. The number of hydrogen-bond donors (Lipinski definition) is 2. The summed E-state index contributed by atoms with van der Waals surface area (Å²) in [5.41, 5.74) is 0.439. The van der Waals surface area contributed by atoms with Gasteiger partial charge in [0.25, 0.3) is 11.8 Å². The smallest absolute Gasteiger partial charge is 0.277 e. The third kappa shape index (κ3) is 4.10. The van der Waals surface area contributed by atoms with Gasteiger partial charge in [0.2, 0.25) is 10.0 Å². The molecular weight excluding hydrogens is 374 g/mol. The number of aliphatic hydroxyl groups excluding tert-OH is 1. The zero-order valence-corrected chi connectivity index (χ0v) is 14.6. The summed E-state index contributed by atoms with van der Waals surface area (Å²) < 4.78 is 28.1. The van der Waals surface area contributed by atoms with Crippen LogP contribution in [0.1, 0.15) is 0 Å². The monoisotopic (exact) mass is 388 g/mol. The first-order chi connectivity index (χ1) is 12.9. The predicted molar refractivity (Wildman–Crippen MR) is 94.2 cm³/mol. The third-order valence-corrected chi connectivity index (χ3v) is 4.79. The van der Waals surface area contributed by atoms with Crippen LogP contribution in [0.25, 0.3) is 4.72 Å². The molecular formula is C16H14N5O5S-. The number of anilines is 1. The van der Waals surface area contributed by atoms with Gasteiger partial charge in [0.1, 0.15) is 5.70 Å². The number of carbonyl (C=O) groups excluding carboxylic acids is 2. The van der Waals surface area contributed by atoms with Gasteiger partial charge in [-0.3, -0.25) is 19.2 Å². The lowest BCUT2D eigenvalue weighted by molar-refractivity contribution is -0.137. The second kappa shape index (κ2) is 7.51. The van der Waals surface area contributed by atoms with Gasteiger partial charge >= 0.3 is 0 Å². The fourth-order valence-corrected chi connectivity index (χ4v) is 3.17. The Kier molecular flexibility index (Phi) is 5.14. The van der Waals surface area contributed by atoms with Crippen LogP contribution in [0.15, 0.2) is 59.4 Å². The number of nitrogens with one attached hydrogen (secondary N) is 1. The number of amides is 2. The molecule has 27 heavy (non-hydrogen) atoms. The Morgan fingerprint density at radius 3 is 2.41 bits per heavy atom. The first kappa shape index (κ1) is 18.5. The molecule has 0 saturated carbocycles. The fraction of sp³-hybridized carbons (Fsp3) is 0.125. The van der Waals surface area contributed by atoms with Crippen molar-refractivity contribution >= 4 is 33.5 Å². The van der Waals surface area contributed by atoms with Gasteiger partial charge in [-0.15, -0.1) is 0 Å². The van der Waals surface area contributed by atoms with Crippen molar-refractivity contribution in [2.45, 2.75) is 4.90 Å². The average molecular weight is 388 g/mol. The highest BCUT2D eigenvalue weighted by atomic mass is 32.2. The maximum Gasteiger partial charge on any atom is 0.277 e.